The van der Waals surface area contributed by atoms with Crippen molar-refractivity contribution < 1.29 is 4.79 Å². The molecule has 0 amide bonds. The van der Waals surface area contributed by atoms with Crippen molar-refractivity contribution in [3.8, 4) is 0 Å². The Hall–Kier alpha value is -0.0400. The fourth-order valence-electron chi connectivity index (χ4n) is 1.88. The Morgan fingerprint density at radius 2 is 2.00 bits per heavy atom. The first-order chi connectivity index (χ1) is 5.37. The molecule has 1 nitrogen and oxygen atoms in total. The quantitative estimate of drug-likeness (QED) is 0.610. The van der Waals surface area contributed by atoms with Crippen molar-refractivity contribution in [1.82, 2.24) is 0 Å². The van der Waals surface area contributed by atoms with Crippen molar-refractivity contribution >= 4 is 17.4 Å². The van der Waals surface area contributed by atoms with Gasteiger partial charge in [0.2, 0.25) is 0 Å². The molecule has 2 atom stereocenters. The van der Waals surface area contributed by atoms with Gasteiger partial charge in [0.1, 0.15) is 0 Å². The van der Waals surface area contributed by atoms with Gasteiger partial charge in [-0.1, -0.05) is 27.7 Å². The fraction of sp³-hybridized carbons (Fsp3) is 0.900. The third-order valence-electron chi connectivity index (χ3n) is 2.85. The van der Waals surface area contributed by atoms with Gasteiger partial charge in [-0.05, 0) is 17.8 Å². The average Bonchev–Trinajstić information content (AvgIpc) is 1.98. The number of halogens is 1. The first-order valence-corrected chi connectivity index (χ1v) is 4.98. The second kappa shape index (κ2) is 3.02. The Balaban J connectivity index is 2.62. The van der Waals surface area contributed by atoms with Crippen LogP contribution in [0.2, 0.25) is 0 Å². The van der Waals surface area contributed by atoms with Gasteiger partial charge in [0.15, 0.2) is 5.78 Å². The van der Waals surface area contributed by atoms with Crippen LogP contribution in [0.25, 0.3) is 0 Å². The Morgan fingerprint density at radius 1 is 1.50 bits per heavy atom. The predicted octanol–water partition coefficient (Wildman–Crippen LogP) is 2.87. The number of carbonyl (C=O) groups excluding carboxylic acids is 1. The third-order valence-corrected chi connectivity index (χ3v) is 3.63. The van der Waals surface area contributed by atoms with Crippen molar-refractivity contribution in [2.75, 3.05) is 0 Å². The maximum absolute atomic E-state index is 11.4. The number of rotatable bonds is 2. The molecule has 0 N–H and O–H groups in total. The molecule has 1 fully saturated rings. The van der Waals surface area contributed by atoms with E-state index in [1.54, 1.807) is 0 Å². The molecular formula is C10H17ClO. The number of ketones is 1. The standard InChI is InChI=1S/C10H17ClO/c1-6(2)5-7-8(12)9(11)10(7,3)4/h6-7,9H,5H2,1-4H3/t7-,9+/m1/s1. The summed E-state index contributed by atoms with van der Waals surface area (Å²) in [7, 11) is 0. The van der Waals surface area contributed by atoms with Crippen LogP contribution in [0.3, 0.4) is 0 Å². The van der Waals surface area contributed by atoms with E-state index in [2.05, 4.69) is 27.7 Å². The molecule has 1 saturated carbocycles. The maximum atomic E-state index is 11.4. The molecule has 0 unspecified atom stereocenters. The number of hydrogen-bond acceptors (Lipinski definition) is 1. The van der Waals surface area contributed by atoms with E-state index in [1.807, 2.05) is 0 Å². The molecule has 0 spiro atoms. The lowest BCUT2D eigenvalue weighted by atomic mass is 9.59. The van der Waals surface area contributed by atoms with Gasteiger partial charge >= 0.3 is 0 Å². The smallest absolute Gasteiger partial charge is 0.154 e. The van der Waals surface area contributed by atoms with Crippen molar-refractivity contribution in [3.05, 3.63) is 0 Å². The molecule has 0 saturated heterocycles. The Labute approximate surface area is 79.5 Å². The Kier molecular flexibility index (Phi) is 2.53. The zero-order valence-electron chi connectivity index (χ0n) is 8.23. The van der Waals surface area contributed by atoms with E-state index in [1.165, 1.54) is 0 Å². The molecule has 12 heavy (non-hydrogen) atoms. The van der Waals surface area contributed by atoms with E-state index in [0.29, 0.717) is 5.92 Å². The summed E-state index contributed by atoms with van der Waals surface area (Å²) in [6, 6.07) is 0. The molecule has 1 rings (SSSR count). The minimum Gasteiger partial charge on any atom is -0.298 e. The summed E-state index contributed by atoms with van der Waals surface area (Å²) in [6.45, 7) is 8.45. The van der Waals surface area contributed by atoms with Crippen LogP contribution in [-0.4, -0.2) is 11.2 Å². The van der Waals surface area contributed by atoms with Gasteiger partial charge < -0.3 is 0 Å². The Bertz CT molecular complexity index is 196. The molecular weight excluding hydrogens is 172 g/mol. The number of Topliss-reactive ketones (excluding diaryl/α,β-unsaturated/α-hetero) is 1. The van der Waals surface area contributed by atoms with Crippen LogP contribution in [0.15, 0.2) is 0 Å². The average molecular weight is 189 g/mol. The fourth-order valence-corrected chi connectivity index (χ4v) is 2.19. The van der Waals surface area contributed by atoms with Crippen LogP contribution in [0.1, 0.15) is 34.1 Å². The van der Waals surface area contributed by atoms with Crippen LogP contribution < -0.4 is 0 Å². The second-order valence-corrected chi connectivity index (χ2v) is 5.20. The van der Waals surface area contributed by atoms with Crippen molar-refractivity contribution in [2.45, 2.75) is 39.5 Å². The number of hydrogen-bond donors (Lipinski definition) is 0. The highest BCUT2D eigenvalue weighted by atomic mass is 35.5. The summed E-state index contributed by atoms with van der Waals surface area (Å²) in [6.07, 6.45) is 0.981. The lowest BCUT2D eigenvalue weighted by molar-refractivity contribution is -0.140. The van der Waals surface area contributed by atoms with E-state index < -0.39 is 0 Å². The molecule has 0 aromatic rings. The van der Waals surface area contributed by atoms with Crippen LogP contribution in [0, 0.1) is 17.3 Å². The van der Waals surface area contributed by atoms with Crippen molar-refractivity contribution in [2.24, 2.45) is 17.3 Å². The van der Waals surface area contributed by atoms with Gasteiger partial charge in [-0.2, -0.15) is 0 Å². The predicted molar refractivity (Wildman–Crippen MR) is 51.4 cm³/mol. The molecule has 0 radical (unpaired) electrons. The van der Waals surface area contributed by atoms with E-state index >= 15 is 0 Å². The molecule has 0 heterocycles. The monoisotopic (exact) mass is 188 g/mol. The van der Waals surface area contributed by atoms with Gasteiger partial charge in [0.25, 0.3) is 0 Å². The Morgan fingerprint density at radius 3 is 2.33 bits per heavy atom. The lowest BCUT2D eigenvalue weighted by Gasteiger charge is -2.48. The summed E-state index contributed by atoms with van der Waals surface area (Å²) >= 11 is 5.92. The molecule has 2 heteroatoms. The zero-order valence-corrected chi connectivity index (χ0v) is 8.98. The number of carbonyl (C=O) groups is 1. The van der Waals surface area contributed by atoms with Gasteiger partial charge in [0.05, 0.1) is 5.38 Å². The van der Waals surface area contributed by atoms with Crippen molar-refractivity contribution in [3.63, 3.8) is 0 Å². The largest absolute Gasteiger partial charge is 0.298 e. The second-order valence-electron chi connectivity index (χ2n) is 4.77. The summed E-state index contributed by atoms with van der Waals surface area (Å²) in [5, 5.41) is -0.249. The van der Waals surface area contributed by atoms with Crippen LogP contribution >= 0.6 is 11.6 Å². The van der Waals surface area contributed by atoms with Gasteiger partial charge in [-0.3, -0.25) is 4.79 Å². The highest BCUT2D eigenvalue weighted by Crippen LogP contribution is 2.49. The molecule has 0 aromatic carbocycles. The SMILES string of the molecule is CC(C)C[C@@H]1C(=O)[C@H](Cl)C1(C)C. The summed E-state index contributed by atoms with van der Waals surface area (Å²) in [5.74, 6) is 1.03. The molecule has 1 aliphatic carbocycles. The normalized spacial score (nSPS) is 33.7. The molecule has 1 aliphatic rings. The summed E-state index contributed by atoms with van der Waals surface area (Å²) in [4.78, 5) is 11.4. The van der Waals surface area contributed by atoms with E-state index in [-0.39, 0.29) is 22.5 Å². The van der Waals surface area contributed by atoms with Gasteiger partial charge in [0, 0.05) is 5.92 Å². The highest BCUT2D eigenvalue weighted by Gasteiger charge is 2.54. The van der Waals surface area contributed by atoms with E-state index in [4.69, 9.17) is 11.6 Å². The van der Waals surface area contributed by atoms with Gasteiger partial charge in [-0.25, -0.2) is 0 Å². The third kappa shape index (κ3) is 1.39. The number of alkyl halides is 1. The first-order valence-electron chi connectivity index (χ1n) is 4.55. The van der Waals surface area contributed by atoms with Crippen LogP contribution in [0.5, 0.6) is 0 Å². The van der Waals surface area contributed by atoms with Crippen LogP contribution in [-0.2, 0) is 4.79 Å². The van der Waals surface area contributed by atoms with Gasteiger partial charge in [-0.15, -0.1) is 11.6 Å². The van der Waals surface area contributed by atoms with Crippen LogP contribution in [0.4, 0.5) is 0 Å². The lowest BCUT2D eigenvalue weighted by Crippen LogP contribution is -2.56. The first kappa shape index (κ1) is 10.0. The van der Waals surface area contributed by atoms with E-state index in [9.17, 15) is 4.79 Å². The zero-order chi connectivity index (χ0) is 9.52. The van der Waals surface area contributed by atoms with E-state index in [0.717, 1.165) is 6.42 Å². The summed E-state index contributed by atoms with van der Waals surface area (Å²) in [5.41, 5.74) is 0.0168. The minimum atomic E-state index is -0.249. The van der Waals surface area contributed by atoms with Crippen molar-refractivity contribution in [1.29, 1.82) is 0 Å². The molecule has 0 aliphatic heterocycles. The molecule has 0 aromatic heterocycles. The molecule has 0 bridgehead atoms. The summed E-state index contributed by atoms with van der Waals surface area (Å²) < 4.78 is 0. The minimum absolute atomic E-state index is 0.0168. The topological polar surface area (TPSA) is 17.1 Å². The highest BCUT2D eigenvalue weighted by molar-refractivity contribution is 6.34. The maximum Gasteiger partial charge on any atom is 0.154 e. The molecule has 70 valence electrons.